The van der Waals surface area contributed by atoms with Crippen LogP contribution in [-0.4, -0.2) is 5.33 Å². The fraction of sp³-hybridized carbons (Fsp3) is 0.429. The highest BCUT2D eigenvalue weighted by atomic mass is 79.9. The third kappa shape index (κ3) is 2.03. The van der Waals surface area contributed by atoms with Crippen LogP contribution in [0.5, 0.6) is 0 Å². The van der Waals surface area contributed by atoms with Gasteiger partial charge in [-0.1, -0.05) is 59.3 Å². The zero-order valence-corrected chi connectivity index (χ0v) is 10.7. The van der Waals surface area contributed by atoms with Gasteiger partial charge in [0.15, 0.2) is 0 Å². The quantitative estimate of drug-likeness (QED) is 0.560. The summed E-state index contributed by atoms with van der Waals surface area (Å²) >= 11 is 3.60. The normalized spacial score (nSPS) is 28.1. The molecule has 1 aliphatic carbocycles. The fourth-order valence-corrected chi connectivity index (χ4v) is 2.94. The molecule has 0 bridgehead atoms. The van der Waals surface area contributed by atoms with Crippen molar-refractivity contribution in [1.29, 1.82) is 0 Å². The summed E-state index contributed by atoms with van der Waals surface area (Å²) in [5.41, 5.74) is 1.73. The van der Waals surface area contributed by atoms with E-state index in [0.29, 0.717) is 0 Å². The second-order valence-electron chi connectivity index (χ2n) is 4.70. The van der Waals surface area contributed by atoms with Gasteiger partial charge in [-0.25, -0.2) is 0 Å². The van der Waals surface area contributed by atoms with Gasteiger partial charge in [-0.2, -0.15) is 0 Å². The molecule has 1 aromatic carbocycles. The van der Waals surface area contributed by atoms with E-state index in [2.05, 4.69) is 65.8 Å². The van der Waals surface area contributed by atoms with E-state index in [1.165, 1.54) is 12.0 Å². The first-order valence-electron chi connectivity index (χ1n) is 5.46. The van der Waals surface area contributed by atoms with Gasteiger partial charge in [0.1, 0.15) is 0 Å². The van der Waals surface area contributed by atoms with Gasteiger partial charge in [0.2, 0.25) is 0 Å². The zero-order chi connectivity index (χ0) is 10.9. The second-order valence-corrected chi connectivity index (χ2v) is 5.26. The van der Waals surface area contributed by atoms with Crippen LogP contribution in [0, 0.1) is 11.3 Å². The predicted octanol–water partition coefficient (Wildman–Crippen LogP) is 4.38. The van der Waals surface area contributed by atoms with Crippen molar-refractivity contribution < 1.29 is 0 Å². The van der Waals surface area contributed by atoms with Crippen molar-refractivity contribution in [2.45, 2.75) is 19.3 Å². The first kappa shape index (κ1) is 10.9. The van der Waals surface area contributed by atoms with Crippen LogP contribution in [0.4, 0.5) is 0 Å². The van der Waals surface area contributed by atoms with Gasteiger partial charge in [-0.15, -0.1) is 6.58 Å². The van der Waals surface area contributed by atoms with Crippen LogP contribution in [0.15, 0.2) is 43.0 Å². The molecule has 80 valence electrons. The van der Waals surface area contributed by atoms with E-state index in [9.17, 15) is 0 Å². The Labute approximate surface area is 101 Å². The summed E-state index contributed by atoms with van der Waals surface area (Å²) in [7, 11) is 0. The molecule has 1 heteroatoms. The number of benzene rings is 1. The van der Waals surface area contributed by atoms with Gasteiger partial charge in [-0.3, -0.25) is 0 Å². The van der Waals surface area contributed by atoms with Crippen molar-refractivity contribution in [3.05, 3.63) is 48.6 Å². The summed E-state index contributed by atoms with van der Waals surface area (Å²) in [5, 5.41) is 1.01. The lowest BCUT2D eigenvalue weighted by Crippen LogP contribution is -2.18. The summed E-state index contributed by atoms with van der Waals surface area (Å²) in [6.45, 7) is 6.26. The molecule has 1 saturated carbocycles. The number of hydrogen-bond donors (Lipinski definition) is 0. The van der Waals surface area contributed by atoms with Gasteiger partial charge in [0, 0.05) is 5.33 Å². The maximum Gasteiger partial charge on any atom is 0.0123 e. The van der Waals surface area contributed by atoms with E-state index in [1.807, 2.05) is 0 Å². The molecule has 3 unspecified atom stereocenters. The van der Waals surface area contributed by atoms with E-state index in [4.69, 9.17) is 0 Å². The maximum absolute atomic E-state index is 3.96. The lowest BCUT2D eigenvalue weighted by atomic mass is 9.85. The van der Waals surface area contributed by atoms with E-state index < -0.39 is 0 Å². The van der Waals surface area contributed by atoms with Crippen LogP contribution in [-0.2, 0) is 0 Å². The van der Waals surface area contributed by atoms with Crippen molar-refractivity contribution in [2.24, 2.45) is 11.3 Å². The largest absolute Gasteiger partial charge is 0.102 e. The summed E-state index contributed by atoms with van der Waals surface area (Å²) in [5.74, 6) is 1.50. The molecule has 0 N–H and O–H groups in total. The third-order valence-electron chi connectivity index (χ3n) is 3.62. The van der Waals surface area contributed by atoms with Crippen LogP contribution < -0.4 is 0 Å². The molecule has 1 fully saturated rings. The SMILES string of the molecule is C=CC(C)(CBr)C1CC1c1ccccc1. The van der Waals surface area contributed by atoms with Crippen molar-refractivity contribution >= 4 is 15.9 Å². The molecule has 0 spiro atoms. The number of alkyl halides is 1. The Hall–Kier alpha value is -0.560. The van der Waals surface area contributed by atoms with E-state index in [1.54, 1.807) is 0 Å². The predicted molar refractivity (Wildman–Crippen MR) is 69.4 cm³/mol. The topological polar surface area (TPSA) is 0 Å². The van der Waals surface area contributed by atoms with Crippen LogP contribution in [0.3, 0.4) is 0 Å². The molecule has 15 heavy (non-hydrogen) atoms. The van der Waals surface area contributed by atoms with Crippen molar-refractivity contribution in [3.63, 3.8) is 0 Å². The van der Waals surface area contributed by atoms with Crippen LogP contribution in [0.25, 0.3) is 0 Å². The lowest BCUT2D eigenvalue weighted by Gasteiger charge is -2.23. The number of hydrogen-bond acceptors (Lipinski definition) is 0. The number of allylic oxidation sites excluding steroid dienone is 1. The Morgan fingerprint density at radius 3 is 2.67 bits per heavy atom. The number of rotatable bonds is 4. The highest BCUT2D eigenvalue weighted by molar-refractivity contribution is 9.09. The third-order valence-corrected chi connectivity index (χ3v) is 4.83. The molecule has 0 aromatic heterocycles. The summed E-state index contributed by atoms with van der Waals surface area (Å²) in [6.07, 6.45) is 3.41. The Balaban J connectivity index is 2.11. The molecule has 3 atom stereocenters. The van der Waals surface area contributed by atoms with E-state index in [0.717, 1.165) is 17.2 Å². The van der Waals surface area contributed by atoms with Crippen molar-refractivity contribution in [1.82, 2.24) is 0 Å². The van der Waals surface area contributed by atoms with Crippen LogP contribution >= 0.6 is 15.9 Å². The molecule has 1 aromatic rings. The molecule has 0 aliphatic heterocycles. The average Bonchev–Trinajstić information content (AvgIpc) is 3.10. The summed E-state index contributed by atoms with van der Waals surface area (Å²) in [4.78, 5) is 0. The van der Waals surface area contributed by atoms with E-state index in [-0.39, 0.29) is 5.41 Å². The minimum atomic E-state index is 0.251. The smallest absolute Gasteiger partial charge is 0.0123 e. The minimum Gasteiger partial charge on any atom is -0.102 e. The first-order valence-corrected chi connectivity index (χ1v) is 6.58. The van der Waals surface area contributed by atoms with Gasteiger partial charge < -0.3 is 0 Å². The summed E-state index contributed by atoms with van der Waals surface area (Å²) in [6, 6.07) is 10.8. The second kappa shape index (κ2) is 4.13. The van der Waals surface area contributed by atoms with E-state index >= 15 is 0 Å². The number of halogens is 1. The first-order chi connectivity index (χ1) is 7.21. The Bertz CT molecular complexity index is 344. The Morgan fingerprint density at radius 1 is 1.47 bits per heavy atom. The molecule has 0 nitrogen and oxygen atoms in total. The zero-order valence-electron chi connectivity index (χ0n) is 9.12. The molecule has 0 heterocycles. The van der Waals surface area contributed by atoms with Crippen molar-refractivity contribution in [2.75, 3.05) is 5.33 Å². The van der Waals surface area contributed by atoms with Crippen LogP contribution in [0.1, 0.15) is 24.8 Å². The highest BCUT2D eigenvalue weighted by Crippen LogP contribution is 2.57. The van der Waals surface area contributed by atoms with Crippen LogP contribution in [0.2, 0.25) is 0 Å². The molecule has 0 amide bonds. The van der Waals surface area contributed by atoms with Gasteiger partial charge in [-0.05, 0) is 29.2 Å². The minimum absolute atomic E-state index is 0.251. The molecular weight excluding hydrogens is 248 g/mol. The highest BCUT2D eigenvalue weighted by Gasteiger charge is 2.48. The molecule has 1 aliphatic rings. The van der Waals surface area contributed by atoms with Crippen molar-refractivity contribution in [3.8, 4) is 0 Å². The van der Waals surface area contributed by atoms with Gasteiger partial charge in [0.25, 0.3) is 0 Å². The fourth-order valence-electron chi connectivity index (χ4n) is 2.30. The standard InChI is InChI=1S/C14H17Br/c1-3-14(2,10-15)13-9-12(13)11-7-5-4-6-8-11/h3-8,12-13H,1,9-10H2,2H3. The molecule has 0 saturated heterocycles. The molecule has 2 rings (SSSR count). The lowest BCUT2D eigenvalue weighted by molar-refractivity contribution is 0.415. The maximum atomic E-state index is 3.96. The average molecular weight is 265 g/mol. The Kier molecular flexibility index (Phi) is 3.01. The molecular formula is C14H17Br. The Morgan fingerprint density at radius 2 is 2.13 bits per heavy atom. The van der Waals surface area contributed by atoms with Gasteiger partial charge in [0.05, 0.1) is 0 Å². The monoisotopic (exact) mass is 264 g/mol. The van der Waals surface area contributed by atoms with Gasteiger partial charge >= 0.3 is 0 Å². The summed E-state index contributed by atoms with van der Waals surface area (Å²) < 4.78 is 0. The molecule has 0 radical (unpaired) electrons.